The Labute approximate surface area is 156 Å². The average molecular weight is 375 g/mol. The van der Waals surface area contributed by atoms with E-state index in [0.29, 0.717) is 12.2 Å². The summed E-state index contributed by atoms with van der Waals surface area (Å²) in [6.07, 6.45) is 1.55. The number of carbonyl (C=O) groups is 1. The monoisotopic (exact) mass is 374 g/mol. The summed E-state index contributed by atoms with van der Waals surface area (Å²) in [6.45, 7) is 2.64. The Bertz CT molecular complexity index is 924. The Morgan fingerprint density at radius 1 is 1.31 bits per heavy atom. The van der Waals surface area contributed by atoms with Crippen LogP contribution in [0.2, 0.25) is 5.15 Å². The maximum Gasteiger partial charge on any atom is 0.360 e. The highest BCUT2D eigenvalue weighted by atomic mass is 35.5. The van der Waals surface area contributed by atoms with Gasteiger partial charge in [-0.15, -0.1) is 0 Å². The Hall–Kier alpha value is -2.80. The van der Waals surface area contributed by atoms with E-state index in [1.807, 2.05) is 36.2 Å². The normalized spacial score (nSPS) is 10.8. The Kier molecular flexibility index (Phi) is 5.27. The van der Waals surface area contributed by atoms with Crippen LogP contribution in [0.3, 0.4) is 0 Å². The van der Waals surface area contributed by atoms with Crippen molar-refractivity contribution in [1.82, 2.24) is 14.4 Å². The number of anilines is 1. The molecule has 0 aliphatic carbocycles. The number of aromatic nitrogens is 3. The van der Waals surface area contributed by atoms with Crippen molar-refractivity contribution < 1.29 is 14.3 Å². The lowest BCUT2D eigenvalue weighted by molar-refractivity contribution is 0.0522. The first kappa shape index (κ1) is 18.0. The van der Waals surface area contributed by atoms with Crippen LogP contribution >= 0.6 is 11.6 Å². The van der Waals surface area contributed by atoms with Gasteiger partial charge in [-0.2, -0.15) is 0 Å². The molecule has 136 valence electrons. The van der Waals surface area contributed by atoms with Gasteiger partial charge in [-0.25, -0.2) is 14.8 Å². The molecule has 0 fully saturated rings. The number of halogens is 1. The van der Waals surface area contributed by atoms with Crippen molar-refractivity contribution >= 4 is 29.0 Å². The van der Waals surface area contributed by atoms with Gasteiger partial charge in [0.05, 0.1) is 13.7 Å². The van der Waals surface area contributed by atoms with Crippen molar-refractivity contribution in [3.8, 4) is 5.75 Å². The van der Waals surface area contributed by atoms with Crippen molar-refractivity contribution in [3.63, 3.8) is 0 Å². The lowest BCUT2D eigenvalue weighted by Crippen LogP contribution is -2.19. The Balaban J connectivity index is 1.94. The van der Waals surface area contributed by atoms with E-state index in [1.54, 1.807) is 30.8 Å². The third-order valence-electron chi connectivity index (χ3n) is 3.89. The summed E-state index contributed by atoms with van der Waals surface area (Å²) in [5.74, 6) is 1.05. The SMILES string of the molecule is CCOC(=O)c1ncn2c(N(C)Cc3ccc(OC)cc3)cc(Cl)nc12. The molecule has 26 heavy (non-hydrogen) atoms. The summed E-state index contributed by atoms with van der Waals surface area (Å²) in [5.41, 5.74) is 1.61. The molecule has 0 bridgehead atoms. The lowest BCUT2D eigenvalue weighted by Gasteiger charge is -2.21. The minimum Gasteiger partial charge on any atom is -0.497 e. The van der Waals surface area contributed by atoms with Crippen molar-refractivity contribution in [2.75, 3.05) is 25.7 Å². The number of methoxy groups -OCH3 is 1. The first-order chi connectivity index (χ1) is 12.5. The predicted molar refractivity (Wildman–Crippen MR) is 99.1 cm³/mol. The smallest absolute Gasteiger partial charge is 0.360 e. The molecule has 2 aromatic heterocycles. The zero-order valence-electron chi connectivity index (χ0n) is 14.8. The third kappa shape index (κ3) is 3.57. The molecule has 2 heterocycles. The van der Waals surface area contributed by atoms with Gasteiger partial charge in [0.15, 0.2) is 11.3 Å². The van der Waals surface area contributed by atoms with Crippen LogP contribution in [-0.4, -0.2) is 41.1 Å². The molecule has 0 radical (unpaired) electrons. The van der Waals surface area contributed by atoms with Crippen molar-refractivity contribution in [1.29, 1.82) is 0 Å². The maximum atomic E-state index is 12.1. The van der Waals surface area contributed by atoms with E-state index in [2.05, 4.69) is 9.97 Å². The number of hydrogen-bond acceptors (Lipinski definition) is 6. The second-order valence-corrected chi connectivity index (χ2v) is 6.04. The maximum absolute atomic E-state index is 12.1. The van der Waals surface area contributed by atoms with Crippen molar-refractivity contribution in [3.05, 3.63) is 53.1 Å². The molecule has 0 unspecified atom stereocenters. The first-order valence-electron chi connectivity index (χ1n) is 8.08. The van der Waals surface area contributed by atoms with Gasteiger partial charge in [-0.05, 0) is 24.6 Å². The van der Waals surface area contributed by atoms with Crippen LogP contribution in [-0.2, 0) is 11.3 Å². The van der Waals surface area contributed by atoms with Crippen LogP contribution in [0, 0.1) is 0 Å². The van der Waals surface area contributed by atoms with E-state index in [-0.39, 0.29) is 17.5 Å². The fourth-order valence-electron chi connectivity index (χ4n) is 2.65. The van der Waals surface area contributed by atoms with Gasteiger partial charge in [0.1, 0.15) is 23.0 Å². The van der Waals surface area contributed by atoms with Gasteiger partial charge in [0.25, 0.3) is 0 Å². The lowest BCUT2D eigenvalue weighted by atomic mass is 10.2. The summed E-state index contributed by atoms with van der Waals surface area (Å²) < 4.78 is 11.9. The van der Waals surface area contributed by atoms with E-state index in [0.717, 1.165) is 17.1 Å². The predicted octanol–water partition coefficient (Wildman–Crippen LogP) is 3.20. The zero-order valence-corrected chi connectivity index (χ0v) is 15.5. The fourth-order valence-corrected chi connectivity index (χ4v) is 2.83. The summed E-state index contributed by atoms with van der Waals surface area (Å²) in [6, 6.07) is 9.54. The standard InChI is InChI=1S/C18H19ClN4O3/c1-4-26-18(24)16-17-21-14(19)9-15(23(17)11-20-16)22(2)10-12-5-7-13(25-3)8-6-12/h5-9,11H,4,10H2,1-3H3. The summed E-state index contributed by atoms with van der Waals surface area (Å²) in [5, 5.41) is 0.278. The molecule has 8 heteroatoms. The minimum absolute atomic E-state index is 0.147. The molecule has 0 saturated heterocycles. The molecule has 0 spiro atoms. The molecule has 0 amide bonds. The number of esters is 1. The number of hydrogen-bond donors (Lipinski definition) is 0. The molecule has 3 aromatic rings. The first-order valence-corrected chi connectivity index (χ1v) is 8.46. The summed E-state index contributed by atoms with van der Waals surface area (Å²) >= 11 is 6.17. The molecule has 0 N–H and O–H groups in total. The van der Waals surface area contributed by atoms with E-state index in [9.17, 15) is 4.79 Å². The Morgan fingerprint density at radius 3 is 2.69 bits per heavy atom. The number of fused-ring (bicyclic) bond motifs is 1. The van der Waals surface area contributed by atoms with Crippen molar-refractivity contribution in [2.24, 2.45) is 0 Å². The number of rotatable bonds is 6. The highest BCUT2D eigenvalue weighted by Crippen LogP contribution is 2.23. The highest BCUT2D eigenvalue weighted by Gasteiger charge is 2.19. The number of imidazole rings is 1. The third-order valence-corrected chi connectivity index (χ3v) is 4.08. The highest BCUT2D eigenvalue weighted by molar-refractivity contribution is 6.29. The summed E-state index contributed by atoms with van der Waals surface area (Å²) in [7, 11) is 3.57. The fraction of sp³-hybridized carbons (Fsp3) is 0.278. The molecule has 3 rings (SSSR count). The molecule has 0 atom stereocenters. The van der Waals surface area contributed by atoms with E-state index < -0.39 is 5.97 Å². The van der Waals surface area contributed by atoms with Crippen LogP contribution in [0.5, 0.6) is 5.75 Å². The molecule has 7 nitrogen and oxygen atoms in total. The van der Waals surface area contributed by atoms with Gasteiger partial charge >= 0.3 is 5.97 Å². The summed E-state index contributed by atoms with van der Waals surface area (Å²) in [4.78, 5) is 22.4. The van der Waals surface area contributed by atoms with Crippen LogP contribution in [0.1, 0.15) is 23.0 Å². The second kappa shape index (κ2) is 7.61. The molecule has 0 saturated carbocycles. The van der Waals surface area contributed by atoms with Crippen LogP contribution < -0.4 is 9.64 Å². The van der Waals surface area contributed by atoms with E-state index in [4.69, 9.17) is 21.1 Å². The van der Waals surface area contributed by atoms with E-state index in [1.165, 1.54) is 0 Å². The number of ether oxygens (including phenoxy) is 2. The van der Waals surface area contributed by atoms with Crippen LogP contribution in [0.4, 0.5) is 5.82 Å². The molecule has 0 aliphatic heterocycles. The van der Waals surface area contributed by atoms with E-state index >= 15 is 0 Å². The number of carbonyl (C=O) groups excluding carboxylic acids is 1. The Morgan fingerprint density at radius 2 is 2.04 bits per heavy atom. The average Bonchev–Trinajstić information content (AvgIpc) is 3.05. The van der Waals surface area contributed by atoms with Gasteiger partial charge in [-0.1, -0.05) is 23.7 Å². The molecular formula is C18H19ClN4O3. The minimum atomic E-state index is -0.520. The largest absolute Gasteiger partial charge is 0.497 e. The van der Waals surface area contributed by atoms with Crippen LogP contribution in [0.15, 0.2) is 36.7 Å². The molecule has 1 aromatic carbocycles. The zero-order chi connectivity index (χ0) is 18.7. The van der Waals surface area contributed by atoms with Crippen LogP contribution in [0.25, 0.3) is 5.65 Å². The van der Waals surface area contributed by atoms with Gasteiger partial charge in [0.2, 0.25) is 0 Å². The number of nitrogens with zero attached hydrogens (tertiary/aromatic N) is 4. The topological polar surface area (TPSA) is 69.0 Å². The van der Waals surface area contributed by atoms with Gasteiger partial charge in [0, 0.05) is 19.7 Å². The molecular weight excluding hydrogens is 356 g/mol. The van der Waals surface area contributed by atoms with Gasteiger partial charge in [-0.3, -0.25) is 4.40 Å². The van der Waals surface area contributed by atoms with Gasteiger partial charge < -0.3 is 14.4 Å². The molecule has 0 aliphatic rings. The second-order valence-electron chi connectivity index (χ2n) is 5.65. The quantitative estimate of drug-likeness (QED) is 0.487. The number of benzene rings is 1. The van der Waals surface area contributed by atoms with Crippen molar-refractivity contribution in [2.45, 2.75) is 13.5 Å².